The first kappa shape index (κ1) is 8.06. The summed E-state index contributed by atoms with van der Waals surface area (Å²) >= 11 is 0. The van der Waals surface area contributed by atoms with Gasteiger partial charge < -0.3 is 5.32 Å². The van der Waals surface area contributed by atoms with Crippen molar-refractivity contribution in [3.63, 3.8) is 0 Å². The van der Waals surface area contributed by atoms with Crippen LogP contribution in [-0.2, 0) is 0 Å². The zero-order chi connectivity index (χ0) is 7.83. The molecule has 1 fully saturated rings. The molecule has 1 aliphatic carbocycles. The zero-order valence-corrected chi connectivity index (χ0v) is 7.62. The fraction of sp³-hybridized carbons (Fsp3) is 1.00. The minimum absolute atomic E-state index is 0.339. The molecule has 60 valence electrons. The second kappa shape index (κ2) is 2.23. The van der Waals surface area contributed by atoms with Gasteiger partial charge in [-0.1, -0.05) is 6.92 Å². The predicted octanol–water partition coefficient (Wildman–Crippen LogP) is 2.17. The Labute approximate surface area is 64.2 Å². The molecule has 0 saturated heterocycles. The third kappa shape index (κ3) is 1.98. The van der Waals surface area contributed by atoms with Crippen LogP contribution in [0.15, 0.2) is 0 Å². The standard InChI is InChI=1S/C9H19N/c1-8(2,10-4)7-9(3)5-6-9/h10H,5-7H2,1-4H3. The summed E-state index contributed by atoms with van der Waals surface area (Å²) in [5.74, 6) is 0. The first-order valence-electron chi connectivity index (χ1n) is 4.16. The van der Waals surface area contributed by atoms with Gasteiger partial charge in [-0.25, -0.2) is 0 Å². The summed E-state index contributed by atoms with van der Waals surface area (Å²) in [6.07, 6.45) is 4.17. The van der Waals surface area contributed by atoms with Gasteiger partial charge in [-0.05, 0) is 45.6 Å². The van der Waals surface area contributed by atoms with Gasteiger partial charge in [-0.2, -0.15) is 0 Å². The molecule has 0 heterocycles. The maximum absolute atomic E-state index is 3.34. The van der Waals surface area contributed by atoms with Crippen molar-refractivity contribution in [3.8, 4) is 0 Å². The molecule has 1 aliphatic rings. The molecule has 0 radical (unpaired) electrons. The lowest BCUT2D eigenvalue weighted by Crippen LogP contribution is -2.38. The highest BCUT2D eigenvalue weighted by atomic mass is 14.9. The highest BCUT2D eigenvalue weighted by molar-refractivity contribution is 4.95. The summed E-state index contributed by atoms with van der Waals surface area (Å²) in [6, 6.07) is 0. The topological polar surface area (TPSA) is 12.0 Å². The van der Waals surface area contributed by atoms with Crippen LogP contribution in [0.4, 0.5) is 0 Å². The molecule has 0 atom stereocenters. The van der Waals surface area contributed by atoms with Crippen molar-refractivity contribution in [1.82, 2.24) is 5.32 Å². The number of hydrogen-bond donors (Lipinski definition) is 1. The van der Waals surface area contributed by atoms with Gasteiger partial charge in [-0.3, -0.25) is 0 Å². The highest BCUT2D eigenvalue weighted by Gasteiger charge is 2.41. The van der Waals surface area contributed by atoms with Gasteiger partial charge in [0.2, 0.25) is 0 Å². The fourth-order valence-electron chi connectivity index (χ4n) is 1.55. The van der Waals surface area contributed by atoms with E-state index in [0.29, 0.717) is 11.0 Å². The lowest BCUT2D eigenvalue weighted by molar-refractivity contribution is 0.314. The van der Waals surface area contributed by atoms with Crippen molar-refractivity contribution in [2.24, 2.45) is 5.41 Å². The van der Waals surface area contributed by atoms with Crippen molar-refractivity contribution >= 4 is 0 Å². The van der Waals surface area contributed by atoms with Crippen LogP contribution in [0.2, 0.25) is 0 Å². The van der Waals surface area contributed by atoms with Gasteiger partial charge in [0.15, 0.2) is 0 Å². The molecule has 0 aliphatic heterocycles. The van der Waals surface area contributed by atoms with Gasteiger partial charge in [0, 0.05) is 5.54 Å². The van der Waals surface area contributed by atoms with Crippen LogP contribution >= 0.6 is 0 Å². The van der Waals surface area contributed by atoms with Gasteiger partial charge in [-0.15, -0.1) is 0 Å². The number of rotatable bonds is 3. The van der Waals surface area contributed by atoms with Crippen LogP contribution < -0.4 is 5.32 Å². The highest BCUT2D eigenvalue weighted by Crippen LogP contribution is 2.50. The third-order valence-electron chi connectivity index (χ3n) is 2.65. The van der Waals surface area contributed by atoms with Crippen LogP contribution in [-0.4, -0.2) is 12.6 Å². The predicted molar refractivity (Wildman–Crippen MR) is 45.1 cm³/mol. The van der Waals surface area contributed by atoms with E-state index >= 15 is 0 Å². The van der Waals surface area contributed by atoms with E-state index < -0.39 is 0 Å². The molecule has 0 spiro atoms. The number of nitrogens with one attached hydrogen (secondary N) is 1. The summed E-state index contributed by atoms with van der Waals surface area (Å²) in [7, 11) is 2.05. The molecule has 1 nitrogen and oxygen atoms in total. The smallest absolute Gasteiger partial charge is 0.0127 e. The average Bonchev–Trinajstić information content (AvgIpc) is 2.47. The maximum Gasteiger partial charge on any atom is 0.0127 e. The zero-order valence-electron chi connectivity index (χ0n) is 7.62. The summed E-state index contributed by atoms with van der Waals surface area (Å²) in [6.45, 7) is 6.93. The molecule has 0 aromatic rings. The minimum Gasteiger partial charge on any atom is -0.315 e. The van der Waals surface area contributed by atoms with E-state index in [2.05, 4.69) is 26.1 Å². The van der Waals surface area contributed by atoms with Crippen LogP contribution in [0.25, 0.3) is 0 Å². The molecular formula is C9H19N. The van der Waals surface area contributed by atoms with Crippen LogP contribution in [0.1, 0.15) is 40.0 Å². The average molecular weight is 141 g/mol. The second-order valence-electron chi connectivity index (χ2n) is 4.62. The molecule has 1 saturated carbocycles. The summed E-state index contributed by atoms with van der Waals surface area (Å²) in [5, 5.41) is 3.34. The summed E-state index contributed by atoms with van der Waals surface area (Å²) in [5.41, 5.74) is 1.01. The largest absolute Gasteiger partial charge is 0.315 e. The molecule has 1 rings (SSSR count). The molecule has 0 amide bonds. The van der Waals surface area contributed by atoms with E-state index in [9.17, 15) is 0 Å². The Morgan fingerprint density at radius 1 is 1.40 bits per heavy atom. The van der Waals surface area contributed by atoms with Crippen LogP contribution in [0, 0.1) is 5.41 Å². The molecule has 0 aromatic heterocycles. The Morgan fingerprint density at radius 3 is 2.20 bits per heavy atom. The van der Waals surface area contributed by atoms with Crippen molar-refractivity contribution < 1.29 is 0 Å². The van der Waals surface area contributed by atoms with Gasteiger partial charge in [0.05, 0.1) is 0 Å². The normalized spacial score (nSPS) is 22.8. The SMILES string of the molecule is CNC(C)(C)CC1(C)CC1. The Bertz CT molecular complexity index is 123. The molecule has 0 bridgehead atoms. The molecule has 1 N–H and O–H groups in total. The first-order valence-corrected chi connectivity index (χ1v) is 4.16. The summed E-state index contributed by atoms with van der Waals surface area (Å²) < 4.78 is 0. The van der Waals surface area contributed by atoms with E-state index in [1.54, 1.807) is 0 Å². The lowest BCUT2D eigenvalue weighted by atomic mass is 9.90. The first-order chi connectivity index (χ1) is 4.47. The molecule has 10 heavy (non-hydrogen) atoms. The van der Waals surface area contributed by atoms with Crippen LogP contribution in [0.5, 0.6) is 0 Å². The lowest BCUT2D eigenvalue weighted by Gasteiger charge is -2.27. The Hall–Kier alpha value is -0.0400. The fourth-order valence-corrected chi connectivity index (χ4v) is 1.55. The Morgan fingerprint density at radius 2 is 1.90 bits per heavy atom. The molecule has 0 aromatic carbocycles. The monoisotopic (exact) mass is 141 g/mol. The quantitative estimate of drug-likeness (QED) is 0.635. The van der Waals surface area contributed by atoms with Gasteiger partial charge in [0.25, 0.3) is 0 Å². The minimum atomic E-state index is 0.339. The molecule has 1 heteroatoms. The second-order valence-corrected chi connectivity index (χ2v) is 4.62. The van der Waals surface area contributed by atoms with Gasteiger partial charge >= 0.3 is 0 Å². The van der Waals surface area contributed by atoms with E-state index in [0.717, 1.165) is 0 Å². The summed E-state index contributed by atoms with van der Waals surface area (Å²) in [4.78, 5) is 0. The van der Waals surface area contributed by atoms with Crippen molar-refractivity contribution in [1.29, 1.82) is 0 Å². The van der Waals surface area contributed by atoms with Crippen molar-refractivity contribution in [3.05, 3.63) is 0 Å². The Balaban J connectivity index is 2.36. The van der Waals surface area contributed by atoms with E-state index in [4.69, 9.17) is 0 Å². The van der Waals surface area contributed by atoms with Crippen molar-refractivity contribution in [2.45, 2.75) is 45.6 Å². The van der Waals surface area contributed by atoms with Gasteiger partial charge in [0.1, 0.15) is 0 Å². The van der Waals surface area contributed by atoms with E-state index in [-0.39, 0.29) is 0 Å². The molecular weight excluding hydrogens is 122 g/mol. The number of hydrogen-bond acceptors (Lipinski definition) is 1. The third-order valence-corrected chi connectivity index (χ3v) is 2.65. The van der Waals surface area contributed by atoms with Crippen LogP contribution in [0.3, 0.4) is 0 Å². The van der Waals surface area contributed by atoms with Crippen molar-refractivity contribution in [2.75, 3.05) is 7.05 Å². The van der Waals surface area contributed by atoms with E-state index in [1.807, 2.05) is 7.05 Å². The maximum atomic E-state index is 3.34. The Kier molecular flexibility index (Phi) is 1.80. The van der Waals surface area contributed by atoms with E-state index in [1.165, 1.54) is 19.3 Å². The molecule has 0 unspecified atom stereocenters.